The molecule has 0 fully saturated rings. The van der Waals surface area contributed by atoms with Crippen LogP contribution in [0.3, 0.4) is 0 Å². The topological polar surface area (TPSA) is 142 Å². The van der Waals surface area contributed by atoms with E-state index in [1.54, 1.807) is 36.4 Å². The van der Waals surface area contributed by atoms with Crippen LogP contribution in [0.15, 0.2) is 108 Å². The molecule has 29 heavy (non-hydrogen) atoms. The van der Waals surface area contributed by atoms with Crippen molar-refractivity contribution in [1.29, 1.82) is 0 Å². The summed E-state index contributed by atoms with van der Waals surface area (Å²) < 4.78 is 57.0. The molecule has 3 rings (SSSR count). The number of rotatable bonds is 5. The number of benzene rings is 2. The minimum atomic E-state index is -4.05. The van der Waals surface area contributed by atoms with Crippen LogP contribution in [0, 0.1) is 0 Å². The largest absolute Gasteiger partial charge is 0.282 e. The van der Waals surface area contributed by atoms with Crippen LogP contribution in [0.25, 0.3) is 10.4 Å². The molecular weight excluding hydrogens is 414 g/mol. The van der Waals surface area contributed by atoms with Crippen LogP contribution in [-0.4, -0.2) is 28.3 Å². The van der Waals surface area contributed by atoms with Gasteiger partial charge in [-0.2, -0.15) is 25.6 Å². The molecule has 146 valence electrons. The fraction of sp³-hybridized carbons (Fsp3) is 0. The predicted octanol–water partition coefficient (Wildman–Crippen LogP) is 3.41. The summed E-state index contributed by atoms with van der Waals surface area (Å²) in [7, 11) is -8.05. The second kappa shape index (κ2) is 8.23. The predicted molar refractivity (Wildman–Crippen MR) is 108 cm³/mol. The molecular formula is C18H13N5O4S2. The lowest BCUT2D eigenvalue weighted by Gasteiger charge is -2.08. The highest BCUT2D eigenvalue weighted by atomic mass is 32.2. The van der Waals surface area contributed by atoms with E-state index in [0.717, 1.165) is 6.08 Å². The van der Waals surface area contributed by atoms with Crippen LogP contribution in [0.1, 0.15) is 0 Å². The van der Waals surface area contributed by atoms with Gasteiger partial charge in [0.25, 0.3) is 20.0 Å². The fourth-order valence-corrected chi connectivity index (χ4v) is 4.35. The zero-order chi connectivity index (χ0) is 20.9. The first-order chi connectivity index (χ1) is 13.8. The van der Waals surface area contributed by atoms with Gasteiger partial charge in [0.05, 0.1) is 26.9 Å². The van der Waals surface area contributed by atoms with E-state index in [0.29, 0.717) is 0 Å². The minimum absolute atomic E-state index is 0.00856. The van der Waals surface area contributed by atoms with Crippen molar-refractivity contribution in [2.45, 2.75) is 9.79 Å². The minimum Gasteiger partial charge on any atom is -0.199 e. The van der Waals surface area contributed by atoms with Gasteiger partial charge >= 0.3 is 0 Å². The molecule has 0 spiro atoms. The van der Waals surface area contributed by atoms with Crippen LogP contribution in [-0.2, 0) is 20.0 Å². The molecule has 0 saturated heterocycles. The Morgan fingerprint density at radius 1 is 0.724 bits per heavy atom. The van der Waals surface area contributed by atoms with Crippen molar-refractivity contribution in [3.05, 3.63) is 95.0 Å². The second-order valence-electron chi connectivity index (χ2n) is 5.62. The summed E-state index contributed by atoms with van der Waals surface area (Å²) in [6.07, 6.45) is 3.65. The van der Waals surface area contributed by atoms with Gasteiger partial charge in [0, 0.05) is 4.91 Å². The maximum Gasteiger partial charge on any atom is 0.282 e. The number of hydrogen-bond acceptors (Lipinski definition) is 5. The lowest BCUT2D eigenvalue weighted by Crippen LogP contribution is -2.11. The van der Waals surface area contributed by atoms with Crippen molar-refractivity contribution in [3.8, 4) is 0 Å². The van der Waals surface area contributed by atoms with E-state index in [4.69, 9.17) is 5.53 Å². The Morgan fingerprint density at radius 2 is 1.24 bits per heavy atom. The molecule has 0 amide bonds. The Morgan fingerprint density at radius 3 is 1.76 bits per heavy atom. The number of azide groups is 1. The molecule has 0 heterocycles. The lowest BCUT2D eigenvalue weighted by atomic mass is 10.1. The number of hydrogen-bond donors (Lipinski definition) is 0. The van der Waals surface area contributed by atoms with E-state index >= 15 is 0 Å². The maximum absolute atomic E-state index is 12.4. The van der Waals surface area contributed by atoms with Gasteiger partial charge in [-0.05, 0) is 48.0 Å². The normalized spacial score (nSPS) is 17.0. The van der Waals surface area contributed by atoms with Crippen molar-refractivity contribution in [2.75, 3.05) is 0 Å². The van der Waals surface area contributed by atoms with Gasteiger partial charge in [-0.3, -0.25) is 0 Å². The quantitative estimate of drug-likeness (QED) is 0.312. The molecule has 0 radical (unpaired) electrons. The van der Waals surface area contributed by atoms with Gasteiger partial charge < -0.3 is 0 Å². The summed E-state index contributed by atoms with van der Waals surface area (Å²) in [6, 6.07) is 15.1. The molecule has 0 aliphatic heterocycles. The molecule has 2 aromatic rings. The first-order valence-corrected chi connectivity index (χ1v) is 11.0. The fourth-order valence-electron chi connectivity index (χ4n) is 2.33. The molecule has 1 aliphatic carbocycles. The first kappa shape index (κ1) is 20.2. The Kier molecular flexibility index (Phi) is 5.74. The zero-order valence-electron chi connectivity index (χ0n) is 14.7. The highest BCUT2D eigenvalue weighted by Gasteiger charge is 2.19. The molecule has 0 N–H and O–H groups in total. The van der Waals surface area contributed by atoms with Crippen molar-refractivity contribution in [1.82, 2.24) is 0 Å². The van der Waals surface area contributed by atoms with Gasteiger partial charge in [0.2, 0.25) is 0 Å². The Bertz CT molecular complexity index is 1300. The van der Waals surface area contributed by atoms with Crippen molar-refractivity contribution >= 4 is 31.5 Å². The molecule has 0 unspecified atom stereocenters. The van der Waals surface area contributed by atoms with E-state index in [1.807, 2.05) is 0 Å². The molecule has 0 atom stereocenters. The van der Waals surface area contributed by atoms with Gasteiger partial charge in [0.1, 0.15) is 0 Å². The average molecular weight is 427 g/mol. The molecule has 1 aliphatic rings. The third-order valence-electron chi connectivity index (χ3n) is 3.64. The summed E-state index contributed by atoms with van der Waals surface area (Å²) in [5.74, 6) is 0. The van der Waals surface area contributed by atoms with E-state index in [9.17, 15) is 16.8 Å². The molecule has 0 bridgehead atoms. The van der Waals surface area contributed by atoms with E-state index in [-0.39, 0.29) is 26.9 Å². The van der Waals surface area contributed by atoms with Crippen molar-refractivity contribution in [2.24, 2.45) is 13.9 Å². The lowest BCUT2D eigenvalue weighted by molar-refractivity contribution is 0.596. The number of allylic oxidation sites excluding steroid dienone is 3. The molecule has 2 aromatic carbocycles. The van der Waals surface area contributed by atoms with Crippen LogP contribution in [0.4, 0.5) is 0 Å². The van der Waals surface area contributed by atoms with Gasteiger partial charge in [-0.1, -0.05) is 41.5 Å². The molecule has 11 heteroatoms. The van der Waals surface area contributed by atoms with Crippen LogP contribution < -0.4 is 0 Å². The van der Waals surface area contributed by atoms with Gasteiger partial charge in [0.15, 0.2) is 0 Å². The van der Waals surface area contributed by atoms with Gasteiger partial charge in [-0.15, -0.1) is 0 Å². The molecule has 9 nitrogen and oxygen atoms in total. The SMILES string of the molecule is [N-]=[N+]=NC1=CC(=N/S(=O)(=O)c2ccccc2)/C=CC/1=N/S(=O)(=O)c1ccccc1. The summed E-state index contributed by atoms with van der Waals surface area (Å²) in [5, 5.41) is 3.42. The summed E-state index contributed by atoms with van der Waals surface area (Å²) >= 11 is 0. The van der Waals surface area contributed by atoms with Crippen molar-refractivity contribution in [3.63, 3.8) is 0 Å². The average Bonchev–Trinajstić information content (AvgIpc) is 2.71. The Balaban J connectivity index is 2.02. The molecule has 0 saturated carbocycles. The smallest absolute Gasteiger partial charge is 0.199 e. The Hall–Kier alpha value is -3.53. The molecule has 0 aromatic heterocycles. The highest BCUT2D eigenvalue weighted by molar-refractivity contribution is 7.90. The second-order valence-corrected chi connectivity index (χ2v) is 8.83. The van der Waals surface area contributed by atoms with Crippen molar-refractivity contribution < 1.29 is 16.8 Å². The van der Waals surface area contributed by atoms with E-state index in [1.165, 1.54) is 36.4 Å². The summed E-state index contributed by atoms with van der Waals surface area (Å²) in [5.41, 5.74) is 8.44. The zero-order valence-corrected chi connectivity index (χ0v) is 16.3. The van der Waals surface area contributed by atoms with Crippen LogP contribution in [0.5, 0.6) is 0 Å². The number of nitrogens with zero attached hydrogens (tertiary/aromatic N) is 5. The summed E-state index contributed by atoms with van der Waals surface area (Å²) in [4.78, 5) is 2.60. The third-order valence-corrected chi connectivity index (χ3v) is 6.26. The Labute approximate surface area is 167 Å². The monoisotopic (exact) mass is 427 g/mol. The van der Waals surface area contributed by atoms with Crippen LogP contribution >= 0.6 is 0 Å². The maximum atomic E-state index is 12.4. The van der Waals surface area contributed by atoms with Gasteiger partial charge in [-0.25, -0.2) is 0 Å². The number of sulfonamides is 2. The highest BCUT2D eigenvalue weighted by Crippen LogP contribution is 2.18. The first-order valence-electron chi connectivity index (χ1n) is 8.07. The summed E-state index contributed by atoms with van der Waals surface area (Å²) in [6.45, 7) is 0. The van der Waals surface area contributed by atoms with E-state index < -0.39 is 20.0 Å². The van der Waals surface area contributed by atoms with Crippen LogP contribution in [0.2, 0.25) is 0 Å². The third kappa shape index (κ3) is 4.85. The standard InChI is InChI=1S/C18H13N5O4S2/c19-23-20-18-13-14(21-28(24,25)15-7-3-1-4-8-15)11-12-17(18)22-29(26,27)16-9-5-2-6-10-16/h1-13H/b21-14+,22-17-. The van der Waals surface area contributed by atoms with E-state index in [2.05, 4.69) is 18.8 Å².